The van der Waals surface area contributed by atoms with Crippen molar-refractivity contribution in [1.82, 2.24) is 15.3 Å². The number of nitrogens with two attached hydrogens (primary N) is 1. The lowest BCUT2D eigenvalue weighted by molar-refractivity contribution is -0.153. The number of amides is 1. The Labute approximate surface area is 463 Å². The molecule has 15 nitrogen and oxygen atoms in total. The van der Waals surface area contributed by atoms with Crippen LogP contribution >= 0.6 is 0 Å². The van der Waals surface area contributed by atoms with Crippen molar-refractivity contribution in [2.24, 2.45) is 11.8 Å². The molecule has 4 N–H and O–H groups in total. The molecule has 0 spiro atoms. The lowest BCUT2D eigenvalue weighted by Gasteiger charge is -2.28. The lowest BCUT2D eigenvalue weighted by atomic mass is 9.77. The monoisotopic (exact) mass is 1130 g/mol. The molecule has 21 heteroatoms. The van der Waals surface area contributed by atoms with Crippen LogP contribution in [0.4, 0.5) is 32.0 Å². The summed E-state index contributed by atoms with van der Waals surface area (Å²) in [6.07, 6.45) is 1.30. The van der Waals surface area contributed by atoms with E-state index >= 15 is 0 Å². The van der Waals surface area contributed by atoms with Gasteiger partial charge in [0.25, 0.3) is 5.91 Å². The largest absolute Gasteiger partial charge is 0.481 e. The number of carboxylic acid groups (broad SMARTS) is 1. The van der Waals surface area contributed by atoms with Crippen molar-refractivity contribution in [3.8, 4) is 22.9 Å². The van der Waals surface area contributed by atoms with E-state index in [9.17, 15) is 55.1 Å². The molecular weight excluding hydrogens is 1070 g/mol. The number of nitrogens with zero attached hydrogens (tertiary/aromatic N) is 2. The number of ketones is 2. The van der Waals surface area contributed by atoms with Crippen LogP contribution in [0.3, 0.4) is 0 Å². The highest BCUT2D eigenvalue weighted by molar-refractivity contribution is 5.96. The Morgan fingerprint density at radius 2 is 1.16 bits per heavy atom. The van der Waals surface area contributed by atoms with Crippen LogP contribution in [0, 0.1) is 11.8 Å². The van der Waals surface area contributed by atoms with Gasteiger partial charge in [0.15, 0.2) is 17.2 Å². The van der Waals surface area contributed by atoms with Crippen LogP contribution in [0.5, 0.6) is 0 Å². The quantitative estimate of drug-likeness (QED) is 0.0225. The number of carboxylic acids is 1. The molecule has 0 radical (unpaired) electrons. The van der Waals surface area contributed by atoms with E-state index in [0.717, 1.165) is 49.8 Å². The van der Waals surface area contributed by atoms with E-state index in [0.29, 0.717) is 42.1 Å². The molecule has 2 unspecified atom stereocenters. The first-order chi connectivity index (χ1) is 38.6. The van der Waals surface area contributed by atoms with E-state index in [1.54, 1.807) is 48.5 Å². The number of hydrogen-bond acceptors (Lipinski definition) is 13. The summed E-state index contributed by atoms with van der Waals surface area (Å²) in [7, 11) is 2.85. The number of oxazole rings is 2. The second-order valence-corrected chi connectivity index (χ2v) is 19.5. The van der Waals surface area contributed by atoms with Gasteiger partial charge < -0.3 is 34.5 Å². The molecule has 2 aromatic heterocycles. The first kappa shape index (κ1) is 61.8. The standard InChI is InChI=1S/C31H32F3NO5.C15H19NO2.C14H11F3N2O4/c1-39-27(38)19-21-12-16-23(17-13-21)22-14-10-20(11-15-22)18-25(36)8-5-9-26(37)28-29(31(32,33)34)40-30(35-28)24-6-3-2-4-7-24;1-18-15(17)10-11-2-4-12(5-3-11)13-6-8-14(16)9-7-13;15-14(16,17)11-10(12(22)18-7-6-9(20)21)19-13(23-11)8-4-2-1-3-5-8/h2-4,6-7,10-11,14-15,21,23H,5,8-9,12-13,16-19H2,1H3;2,4,6-9,11-12H,3,5,10,16H2,1H3;1-5H,6-7H2,(H,18,22)(H,20,21). The fraction of sp³-hybridized carbons (Fsp3) is 0.367. The first-order valence-electron chi connectivity index (χ1n) is 26.2. The number of alkyl halides is 6. The number of anilines is 1. The average molecular weight is 1130 g/mol. The summed E-state index contributed by atoms with van der Waals surface area (Å²) in [5.41, 5.74) is 8.75. The van der Waals surface area contributed by atoms with Gasteiger partial charge in [0, 0.05) is 55.0 Å². The normalized spacial score (nSPS) is 16.8. The number of carbonyl (C=O) groups is 6. The molecule has 1 fully saturated rings. The van der Waals surface area contributed by atoms with Crippen LogP contribution in [0.15, 0.2) is 130 Å². The molecule has 0 bridgehead atoms. The van der Waals surface area contributed by atoms with E-state index in [1.807, 2.05) is 36.4 Å². The number of carbonyl (C=O) groups excluding carboxylic acids is 5. The van der Waals surface area contributed by atoms with Crippen LogP contribution in [-0.2, 0) is 47.4 Å². The summed E-state index contributed by atoms with van der Waals surface area (Å²) in [6, 6.07) is 31.8. The minimum atomic E-state index is -4.90. The third kappa shape index (κ3) is 18.9. The van der Waals surface area contributed by atoms with E-state index in [-0.39, 0.29) is 67.3 Å². The number of nitrogens with one attached hydrogen (secondary N) is 1. The fourth-order valence-corrected chi connectivity index (χ4v) is 9.32. The van der Waals surface area contributed by atoms with Crippen molar-refractivity contribution in [2.75, 3.05) is 26.5 Å². The van der Waals surface area contributed by atoms with E-state index < -0.39 is 59.3 Å². The summed E-state index contributed by atoms with van der Waals surface area (Å²) in [5, 5.41) is 10.5. The molecule has 2 aliphatic carbocycles. The van der Waals surface area contributed by atoms with Gasteiger partial charge in [-0.3, -0.25) is 28.8 Å². The summed E-state index contributed by atoms with van der Waals surface area (Å²) >= 11 is 0. The maximum atomic E-state index is 13.5. The molecule has 430 valence electrons. The van der Waals surface area contributed by atoms with Gasteiger partial charge in [-0.05, 0) is 116 Å². The number of hydrogen-bond donors (Lipinski definition) is 3. The van der Waals surface area contributed by atoms with Gasteiger partial charge in [-0.25, -0.2) is 9.97 Å². The van der Waals surface area contributed by atoms with E-state index in [1.165, 1.54) is 37.5 Å². The number of esters is 2. The van der Waals surface area contributed by atoms with Crippen LogP contribution in [-0.4, -0.2) is 71.2 Å². The molecule has 6 aromatic rings. The fourth-order valence-electron chi connectivity index (χ4n) is 9.32. The number of aliphatic carboxylic acids is 1. The lowest BCUT2D eigenvalue weighted by Crippen LogP contribution is -2.28. The Bertz CT molecular complexity index is 3080. The zero-order valence-corrected chi connectivity index (χ0v) is 44.5. The van der Waals surface area contributed by atoms with Gasteiger partial charge in [-0.15, -0.1) is 0 Å². The number of allylic oxidation sites excluding steroid dienone is 2. The minimum absolute atomic E-state index is 0.0719. The van der Waals surface area contributed by atoms with Gasteiger partial charge in [-0.2, -0.15) is 26.3 Å². The SMILES string of the molecule is COC(=O)CC1C=CC(c2ccc(N)cc2)CC1.COC(=O)CC1CCC(c2ccc(CC(=O)CCCC(=O)c3nc(-c4ccccc4)oc3C(F)(F)F)cc2)CC1.O=C(O)CCNC(=O)c1nc(-c2ccccc2)oc1C(F)(F)F. The Hall–Kier alpha value is -8.36. The number of halogens is 6. The number of Topliss-reactive ketones (excluding diaryl/α,β-unsaturated/α-hetero) is 2. The molecule has 81 heavy (non-hydrogen) atoms. The molecule has 8 rings (SSSR count). The Morgan fingerprint density at radius 1 is 0.630 bits per heavy atom. The van der Waals surface area contributed by atoms with Gasteiger partial charge in [0.05, 0.1) is 27.1 Å². The Balaban J connectivity index is 0.000000217. The van der Waals surface area contributed by atoms with Gasteiger partial charge in [0.2, 0.25) is 23.3 Å². The smallest absolute Gasteiger partial charge is 0.452 e. The Kier molecular flexibility index (Phi) is 22.3. The molecule has 2 atom stereocenters. The third-order valence-electron chi connectivity index (χ3n) is 13.6. The van der Waals surface area contributed by atoms with Crippen LogP contribution in [0.2, 0.25) is 0 Å². The van der Waals surface area contributed by atoms with Crippen molar-refractivity contribution in [3.05, 3.63) is 161 Å². The maximum absolute atomic E-state index is 13.5. The number of methoxy groups -OCH3 is 2. The first-order valence-corrected chi connectivity index (χ1v) is 26.2. The highest BCUT2D eigenvalue weighted by atomic mass is 19.4. The van der Waals surface area contributed by atoms with Gasteiger partial charge in [0.1, 0.15) is 5.78 Å². The van der Waals surface area contributed by atoms with Crippen LogP contribution in [0.25, 0.3) is 22.9 Å². The van der Waals surface area contributed by atoms with Crippen molar-refractivity contribution < 1.29 is 78.5 Å². The number of nitrogen functional groups attached to an aromatic ring is 1. The van der Waals surface area contributed by atoms with Crippen LogP contribution in [0.1, 0.15) is 138 Å². The summed E-state index contributed by atoms with van der Waals surface area (Å²) in [5.74, 6) is -5.54. The van der Waals surface area contributed by atoms with E-state index in [2.05, 4.69) is 39.6 Å². The maximum Gasteiger partial charge on any atom is 0.452 e. The zero-order valence-electron chi connectivity index (χ0n) is 44.5. The highest BCUT2D eigenvalue weighted by Gasteiger charge is 2.43. The number of ether oxygens (including phenoxy) is 2. The molecule has 1 amide bonds. The summed E-state index contributed by atoms with van der Waals surface area (Å²) in [6.45, 7) is -0.320. The van der Waals surface area contributed by atoms with E-state index in [4.69, 9.17) is 29.1 Å². The molecule has 4 aromatic carbocycles. The Morgan fingerprint density at radius 3 is 1.68 bits per heavy atom. The molecule has 1 saturated carbocycles. The topological polar surface area (TPSA) is 231 Å². The predicted octanol–water partition coefficient (Wildman–Crippen LogP) is 12.8. The summed E-state index contributed by atoms with van der Waals surface area (Å²) in [4.78, 5) is 77.5. The van der Waals surface area contributed by atoms with Gasteiger partial charge in [-0.1, -0.05) is 84.9 Å². The second kappa shape index (κ2) is 29.2. The van der Waals surface area contributed by atoms with Gasteiger partial charge >= 0.3 is 30.3 Å². The van der Waals surface area contributed by atoms with Crippen molar-refractivity contribution >= 4 is 41.1 Å². The molecular formula is C60H62F6N4O11. The highest BCUT2D eigenvalue weighted by Crippen LogP contribution is 2.39. The average Bonchev–Trinajstić information content (AvgIpc) is 4.13. The second-order valence-electron chi connectivity index (χ2n) is 19.5. The number of rotatable bonds is 19. The van der Waals surface area contributed by atoms with Crippen molar-refractivity contribution in [3.63, 3.8) is 0 Å². The molecule has 2 aliphatic rings. The van der Waals surface area contributed by atoms with Crippen molar-refractivity contribution in [2.45, 2.75) is 108 Å². The molecule has 0 aliphatic heterocycles. The summed E-state index contributed by atoms with van der Waals surface area (Å²) < 4.78 is 98.5. The molecule has 2 heterocycles. The third-order valence-corrected chi connectivity index (χ3v) is 13.6. The number of aromatic nitrogens is 2. The zero-order chi connectivity index (χ0) is 58.7. The molecule has 0 saturated heterocycles. The predicted molar refractivity (Wildman–Crippen MR) is 285 cm³/mol. The van der Waals surface area contributed by atoms with Crippen LogP contribution < -0.4 is 11.1 Å². The number of benzene rings is 4. The minimum Gasteiger partial charge on any atom is -0.481 e. The van der Waals surface area contributed by atoms with Crippen molar-refractivity contribution in [1.29, 1.82) is 0 Å².